The highest BCUT2D eigenvalue weighted by Gasteiger charge is 2.48. The molecule has 698 valence electrons. The van der Waals surface area contributed by atoms with E-state index in [1.165, 1.54) is 116 Å². The molecule has 0 radical (unpaired) electrons. The van der Waals surface area contributed by atoms with Crippen molar-refractivity contribution >= 4 is 112 Å². The first-order valence-corrected chi connectivity index (χ1v) is 41.7. The average Bonchev–Trinajstić information content (AvgIpc) is 1.28. The summed E-state index contributed by atoms with van der Waals surface area (Å²) in [5, 5.41) is 64.2. The normalized spacial score (nSPS) is 15.8. The zero-order valence-corrected chi connectivity index (χ0v) is 76.5. The van der Waals surface area contributed by atoms with E-state index in [-0.39, 0.29) is 63.3 Å². The molecule has 1 saturated heterocycles. The minimum Gasteiger partial charge on any atom is -0.394 e. The number of primary amides is 2. The predicted molar refractivity (Wildman–Crippen MR) is 457 cm³/mol. The van der Waals surface area contributed by atoms with Gasteiger partial charge in [-0.05, 0) is 185 Å². The number of benzene rings is 1. The van der Waals surface area contributed by atoms with Gasteiger partial charge in [0.15, 0.2) is 0 Å². The molecule has 1 fully saturated rings. The van der Waals surface area contributed by atoms with E-state index >= 15 is 0 Å². The first kappa shape index (κ1) is 109. The number of nitrogens with one attached hydrogen (secondary N) is 17. The number of nitrogens with two attached hydrogens (primary N) is 2. The van der Waals surface area contributed by atoms with E-state index in [2.05, 4.69) is 90.4 Å². The summed E-state index contributed by atoms with van der Waals surface area (Å²) < 4.78 is 0. The number of amides is 19. The van der Waals surface area contributed by atoms with Gasteiger partial charge in [-0.25, -0.2) is 0 Å². The van der Waals surface area contributed by atoms with Crippen LogP contribution in [0.25, 0.3) is 0 Å². The van der Waals surface area contributed by atoms with Gasteiger partial charge in [0, 0.05) is 26.3 Å². The van der Waals surface area contributed by atoms with E-state index in [1.807, 2.05) is 0 Å². The van der Waals surface area contributed by atoms with Crippen LogP contribution in [0.5, 0.6) is 0 Å². The molecule has 23 N–H and O–H groups in total. The van der Waals surface area contributed by atoms with Gasteiger partial charge in [0.25, 0.3) is 0 Å². The summed E-state index contributed by atoms with van der Waals surface area (Å²) in [6, 6.07) is -2.36. The summed E-state index contributed by atoms with van der Waals surface area (Å²) in [5.41, 5.74) is -2.02. The molecule has 0 spiro atoms. The Morgan fingerprint density at radius 3 is 1.37 bits per heavy atom. The lowest BCUT2D eigenvalue weighted by atomic mass is 9.93. The third-order valence-electron chi connectivity index (χ3n) is 20.5. The molecule has 0 unspecified atom stereocenters. The summed E-state index contributed by atoms with van der Waals surface area (Å²) in [4.78, 5) is 260. The van der Waals surface area contributed by atoms with Crippen molar-refractivity contribution in [1.82, 2.24) is 95.3 Å². The smallest absolute Gasteiger partial charge is 0.248 e. The number of aliphatic hydroxyl groups is 2. The van der Waals surface area contributed by atoms with Crippen LogP contribution in [0.1, 0.15) is 230 Å². The number of carbonyl (C=O) groups excluding carboxylic acids is 19. The highest BCUT2D eigenvalue weighted by atomic mass is 16.3. The van der Waals surface area contributed by atoms with Gasteiger partial charge in [-0.2, -0.15) is 0 Å². The molecule has 41 heteroatoms. The van der Waals surface area contributed by atoms with Crippen LogP contribution in [0.3, 0.4) is 0 Å². The molecule has 0 saturated carbocycles. The molecule has 19 amide bonds. The molecule has 0 aromatic heterocycles. The molecular formula is C83H140N20O21. The Balaban J connectivity index is 2.19. The molecule has 1 aliphatic heterocycles. The zero-order valence-electron chi connectivity index (χ0n) is 76.5. The molecule has 2 rings (SSSR count). The van der Waals surface area contributed by atoms with E-state index < -0.39 is 250 Å². The Labute approximate surface area is 726 Å². The zero-order chi connectivity index (χ0) is 95.5. The van der Waals surface area contributed by atoms with Crippen molar-refractivity contribution in [1.29, 1.82) is 0 Å². The largest absolute Gasteiger partial charge is 0.394 e. The lowest BCUT2D eigenvalue weighted by molar-refractivity contribution is -0.145. The summed E-state index contributed by atoms with van der Waals surface area (Å²) in [5.74, 6) is -16.7. The quantitative estimate of drug-likeness (QED) is 0.0281. The Morgan fingerprint density at radius 1 is 0.452 bits per heavy atom. The lowest BCUT2D eigenvalue weighted by Gasteiger charge is -2.36. The fourth-order valence-corrected chi connectivity index (χ4v) is 12.9. The van der Waals surface area contributed by atoms with Crippen molar-refractivity contribution in [2.24, 2.45) is 29.2 Å². The number of aliphatic hydroxyl groups excluding tert-OH is 2. The summed E-state index contributed by atoms with van der Waals surface area (Å²) >= 11 is 0. The minimum atomic E-state index is -1.89. The third-order valence-corrected chi connectivity index (χ3v) is 20.5. The second-order valence-corrected chi connectivity index (χ2v) is 36.8. The van der Waals surface area contributed by atoms with Crippen LogP contribution in [-0.4, -0.2) is 252 Å². The van der Waals surface area contributed by atoms with E-state index in [0.29, 0.717) is 6.42 Å². The predicted octanol–water partition coefficient (Wildman–Crippen LogP) is -3.50. The van der Waals surface area contributed by atoms with Crippen LogP contribution in [0, 0.1) is 17.8 Å². The van der Waals surface area contributed by atoms with Crippen molar-refractivity contribution in [2.45, 2.75) is 329 Å². The van der Waals surface area contributed by atoms with Crippen molar-refractivity contribution in [2.75, 3.05) is 26.3 Å². The Morgan fingerprint density at radius 2 is 0.887 bits per heavy atom. The molecule has 41 nitrogen and oxygen atoms in total. The van der Waals surface area contributed by atoms with Crippen molar-refractivity contribution in [3.63, 3.8) is 0 Å². The van der Waals surface area contributed by atoms with Gasteiger partial charge in [0.05, 0.1) is 31.5 Å². The Bertz CT molecular complexity index is 4010. The summed E-state index contributed by atoms with van der Waals surface area (Å²) in [7, 11) is 0. The van der Waals surface area contributed by atoms with Gasteiger partial charge < -0.3 is 112 Å². The average molecular weight is 1750 g/mol. The highest BCUT2D eigenvalue weighted by Crippen LogP contribution is 2.25. The molecule has 10 atom stereocenters. The maximum atomic E-state index is 14.6. The van der Waals surface area contributed by atoms with Crippen LogP contribution >= 0.6 is 0 Å². The van der Waals surface area contributed by atoms with Crippen molar-refractivity contribution in [3.05, 3.63) is 35.9 Å². The Hall–Kier alpha value is -11.0. The number of hydrogen-bond acceptors (Lipinski definition) is 22. The van der Waals surface area contributed by atoms with Crippen LogP contribution in [-0.2, 0) is 97.5 Å². The van der Waals surface area contributed by atoms with Crippen LogP contribution in [0.15, 0.2) is 30.3 Å². The van der Waals surface area contributed by atoms with E-state index in [9.17, 15) is 101 Å². The topological polar surface area (TPSA) is 625 Å². The number of nitrogens with zero attached hydrogens (tertiary/aromatic N) is 1. The molecule has 1 aromatic rings. The Kier molecular flexibility index (Phi) is 41.1. The van der Waals surface area contributed by atoms with Crippen molar-refractivity contribution < 1.29 is 101 Å². The van der Waals surface area contributed by atoms with E-state index in [1.54, 1.807) is 85.7 Å². The van der Waals surface area contributed by atoms with Crippen molar-refractivity contribution in [3.8, 4) is 0 Å². The monoisotopic (exact) mass is 1750 g/mol. The number of rotatable bonds is 50. The summed E-state index contributed by atoms with van der Waals surface area (Å²) in [6.45, 7) is 33.0. The standard InChI is InChI=1S/C83H140N20O21/c1-25-83(24,102-73(122)80(18,19)96-61(110)47(8)87-63(112)55(43-105)95-82(22,23)94-48(9)106)74(123)92-52(34-36-58(85)108)64(113)97-77(12,13)71(120)93-60(46(6)7)68(117)100-76(10,11)69(118)86-41-59(109)89-53(38-44(2)3)65(114)99-81(20,21)75(124)103-37-29-32-56(103)67(116)90-54(39-45(4)5)66(115)98-79(16,17)72(121)101-78(14,15)70(119)91-51(33-35-57(84)107)62(111)88-50(42-104)40-49-30-27-26-28-31-49/h26-28,30-31,44-47,50-56,60,95,104-105H,25,29,32-43H2,1-24H3,(H2,84,107)(H2,85,108)(H,86,118)(H,87,112)(H,88,111)(H,89,109)(H,90,116)(H,91,119)(H,92,123)(H,93,120)(H,94,106)(H,96,110)(H,97,113)(H,98,115)(H,99,114)(H,100,117)(H,101,121)(H,102,122)/t47-,50-,51-,52-,53-,54-,55-,56-,60-,83+/m0/s1. The number of hydrogen-bond donors (Lipinski definition) is 21. The van der Waals surface area contributed by atoms with Crippen LogP contribution in [0.2, 0.25) is 0 Å². The van der Waals surface area contributed by atoms with E-state index in [4.69, 9.17) is 11.5 Å². The minimum absolute atomic E-state index is 0.0319. The fourth-order valence-electron chi connectivity index (χ4n) is 12.9. The molecule has 1 aromatic carbocycles. The maximum absolute atomic E-state index is 14.6. The van der Waals surface area contributed by atoms with E-state index in [0.717, 1.165) is 5.56 Å². The first-order chi connectivity index (χ1) is 56.8. The number of carbonyl (C=O) groups is 19. The van der Waals surface area contributed by atoms with Gasteiger partial charge in [0.2, 0.25) is 112 Å². The maximum Gasteiger partial charge on any atom is 0.248 e. The van der Waals surface area contributed by atoms with Gasteiger partial charge in [-0.3, -0.25) is 96.4 Å². The molecule has 1 heterocycles. The fraction of sp³-hybridized carbons (Fsp3) is 0.699. The van der Waals surface area contributed by atoms with Gasteiger partial charge >= 0.3 is 0 Å². The highest BCUT2D eigenvalue weighted by molar-refractivity contribution is 6.03. The molecular weight excluding hydrogens is 1610 g/mol. The molecule has 0 aliphatic carbocycles. The van der Waals surface area contributed by atoms with Crippen LogP contribution < -0.4 is 102 Å². The van der Waals surface area contributed by atoms with Gasteiger partial charge in [-0.1, -0.05) is 78.8 Å². The lowest BCUT2D eigenvalue weighted by Crippen LogP contribution is -2.67. The van der Waals surface area contributed by atoms with Gasteiger partial charge in [0.1, 0.15) is 87.1 Å². The third kappa shape index (κ3) is 35.0. The second kappa shape index (κ2) is 46.7. The second-order valence-electron chi connectivity index (χ2n) is 36.8. The molecule has 124 heavy (non-hydrogen) atoms. The van der Waals surface area contributed by atoms with Gasteiger partial charge in [-0.15, -0.1) is 0 Å². The SMILES string of the molecule is CC[C@@](C)(NC(=O)C(C)(C)NC(=O)[C@H](C)NC(=O)[C@H](CO)NC(C)(C)NC(C)=O)C(=O)N[C@@H](CCC(N)=O)C(=O)NC(C)(C)C(=O)N[C@H](C(=O)NC(C)(C)C(=O)NCC(=O)N[C@@H](CC(C)C)C(=O)NC(C)(C)C(=O)N1CCC[C@H]1C(=O)N[C@@H](CC(C)C)C(=O)NC(C)(C)C(=O)NC(C)(C)C(=O)N[C@@H](CCC(N)=O)C(=O)N[C@H](CO)Cc1ccccc1)C(C)C. The summed E-state index contributed by atoms with van der Waals surface area (Å²) in [6.07, 6.45) is -0.658. The van der Waals surface area contributed by atoms with Crippen LogP contribution in [0.4, 0.5) is 0 Å². The molecule has 0 bridgehead atoms. The molecule has 1 aliphatic rings. The number of likely N-dealkylation sites (tertiary alicyclic amines) is 1. The first-order valence-electron chi connectivity index (χ1n) is 41.7.